The number of carbonyl (C=O) groups excluding carboxylic acids is 1. The van der Waals surface area contributed by atoms with Gasteiger partial charge < -0.3 is 20.0 Å². The number of piperazine rings is 1. The van der Waals surface area contributed by atoms with E-state index < -0.39 is 6.04 Å². The zero-order valence-corrected chi connectivity index (χ0v) is 22.6. The van der Waals surface area contributed by atoms with Gasteiger partial charge in [0.2, 0.25) is 5.91 Å². The summed E-state index contributed by atoms with van der Waals surface area (Å²) in [5, 5.41) is 22.6. The van der Waals surface area contributed by atoms with Crippen molar-refractivity contribution in [3.63, 3.8) is 0 Å². The molecule has 2 N–H and O–H groups in total. The largest absolute Gasteiger partial charge is 0.504 e. The van der Waals surface area contributed by atoms with E-state index in [1.54, 1.807) is 30.0 Å². The van der Waals surface area contributed by atoms with Gasteiger partial charge in [0, 0.05) is 31.8 Å². The van der Waals surface area contributed by atoms with E-state index in [0.717, 1.165) is 33.2 Å². The zero-order valence-electron chi connectivity index (χ0n) is 22.6. The molecule has 6 heteroatoms. The van der Waals surface area contributed by atoms with Crippen LogP contribution >= 0.6 is 0 Å². The predicted octanol–water partition coefficient (Wildman–Crippen LogP) is 6.68. The topological polar surface area (TPSA) is 64.0 Å². The Labute approximate surface area is 230 Å². The van der Waals surface area contributed by atoms with Gasteiger partial charge in [0.1, 0.15) is 11.9 Å². The van der Waals surface area contributed by atoms with E-state index in [4.69, 9.17) is 0 Å². The standard InChI is InChI=1S/C31H33FN2O3.C2H2/c1-4-29(35)30(36)17-21(2)28(19-24-9-12-25-7-5-6-8-26(25)18-24)34-16-15-33(31(37)22(34)3)20-23-10-13-27(32)14-11-23;1-2/h4-14,17-18,22,35-36H,15-16,19-20H2,1-3H3;1-2H/b28-21+,29-4+,30-17+;. The first-order valence-corrected chi connectivity index (χ1v) is 12.8. The van der Waals surface area contributed by atoms with Crippen LogP contribution < -0.4 is 0 Å². The molecule has 202 valence electrons. The van der Waals surface area contributed by atoms with Crippen molar-refractivity contribution in [1.82, 2.24) is 9.80 Å². The summed E-state index contributed by atoms with van der Waals surface area (Å²) < 4.78 is 13.3. The highest BCUT2D eigenvalue weighted by molar-refractivity contribution is 5.83. The van der Waals surface area contributed by atoms with Crippen molar-refractivity contribution in [2.24, 2.45) is 0 Å². The van der Waals surface area contributed by atoms with E-state index in [2.05, 4.69) is 48.1 Å². The molecule has 0 bridgehead atoms. The fraction of sp³-hybridized carbons (Fsp3) is 0.242. The Morgan fingerprint density at radius 2 is 1.62 bits per heavy atom. The smallest absolute Gasteiger partial charge is 0.245 e. The maximum absolute atomic E-state index is 13.4. The molecule has 1 unspecified atom stereocenters. The second-order valence-corrected chi connectivity index (χ2v) is 9.45. The van der Waals surface area contributed by atoms with Gasteiger partial charge >= 0.3 is 0 Å². The number of benzene rings is 3. The van der Waals surface area contributed by atoms with E-state index in [1.165, 1.54) is 18.2 Å². The fourth-order valence-corrected chi connectivity index (χ4v) is 4.79. The summed E-state index contributed by atoms with van der Waals surface area (Å²) in [6.07, 6.45) is 11.5. The van der Waals surface area contributed by atoms with E-state index in [1.807, 2.05) is 26.0 Å². The van der Waals surface area contributed by atoms with Crippen LogP contribution in [0.1, 0.15) is 31.9 Å². The normalized spacial score (nSPS) is 17.0. The van der Waals surface area contributed by atoms with Crippen molar-refractivity contribution in [1.29, 1.82) is 0 Å². The Morgan fingerprint density at radius 3 is 2.28 bits per heavy atom. The number of aliphatic hydroxyl groups is 2. The number of carbonyl (C=O) groups is 1. The minimum Gasteiger partial charge on any atom is -0.504 e. The summed E-state index contributed by atoms with van der Waals surface area (Å²) in [5.41, 5.74) is 3.65. The molecule has 0 saturated carbocycles. The van der Waals surface area contributed by atoms with Gasteiger partial charge in [0.25, 0.3) is 0 Å². The molecular weight excluding hydrogens is 491 g/mol. The molecule has 3 aromatic rings. The summed E-state index contributed by atoms with van der Waals surface area (Å²) in [5.74, 6) is -0.723. The average molecular weight is 527 g/mol. The van der Waals surface area contributed by atoms with Gasteiger partial charge in [-0.3, -0.25) is 4.79 Å². The molecule has 1 fully saturated rings. The monoisotopic (exact) mass is 526 g/mol. The van der Waals surface area contributed by atoms with Gasteiger partial charge in [0.15, 0.2) is 11.5 Å². The molecule has 0 spiro atoms. The van der Waals surface area contributed by atoms with Crippen LogP contribution in [0.25, 0.3) is 10.8 Å². The summed E-state index contributed by atoms with van der Waals surface area (Å²) >= 11 is 0. The van der Waals surface area contributed by atoms with Crippen molar-refractivity contribution in [3.05, 3.63) is 119 Å². The number of halogens is 1. The summed E-state index contributed by atoms with van der Waals surface area (Å²) in [6.45, 7) is 6.98. The molecule has 1 heterocycles. The van der Waals surface area contributed by atoms with Crippen LogP contribution in [0.2, 0.25) is 0 Å². The molecule has 3 aromatic carbocycles. The second kappa shape index (κ2) is 13.3. The van der Waals surface area contributed by atoms with Crippen LogP contribution in [0, 0.1) is 18.7 Å². The van der Waals surface area contributed by atoms with Crippen LogP contribution in [-0.2, 0) is 17.8 Å². The minimum atomic E-state index is -0.425. The predicted molar refractivity (Wildman–Crippen MR) is 155 cm³/mol. The molecule has 39 heavy (non-hydrogen) atoms. The van der Waals surface area contributed by atoms with Crippen molar-refractivity contribution < 1.29 is 19.4 Å². The zero-order chi connectivity index (χ0) is 28.5. The van der Waals surface area contributed by atoms with Gasteiger partial charge in [-0.05, 0) is 72.5 Å². The number of hydrogen-bond donors (Lipinski definition) is 2. The van der Waals surface area contributed by atoms with E-state index in [0.29, 0.717) is 26.1 Å². The maximum Gasteiger partial charge on any atom is 0.245 e. The number of allylic oxidation sites excluding steroid dienone is 4. The fourth-order valence-electron chi connectivity index (χ4n) is 4.79. The van der Waals surface area contributed by atoms with Crippen molar-refractivity contribution in [2.75, 3.05) is 13.1 Å². The molecule has 1 saturated heterocycles. The number of nitrogens with zero attached hydrogens (tertiary/aromatic N) is 2. The first-order valence-electron chi connectivity index (χ1n) is 12.8. The highest BCUT2D eigenvalue weighted by Gasteiger charge is 2.33. The van der Waals surface area contributed by atoms with E-state index in [-0.39, 0.29) is 23.2 Å². The second-order valence-electron chi connectivity index (χ2n) is 9.45. The van der Waals surface area contributed by atoms with Crippen molar-refractivity contribution in [2.45, 2.75) is 39.8 Å². The molecule has 1 aliphatic rings. The maximum atomic E-state index is 13.4. The van der Waals surface area contributed by atoms with Crippen LogP contribution in [0.3, 0.4) is 0 Å². The SMILES string of the molecule is C#C.C\C=C(O)/C(O)=C\C(C)=C(/Cc1ccc2ccccc2c1)N1CCN(Cc2ccc(F)cc2)C(=O)C1C. The van der Waals surface area contributed by atoms with E-state index >= 15 is 0 Å². The molecule has 1 atom stereocenters. The Hall–Kier alpha value is -4.50. The lowest BCUT2D eigenvalue weighted by atomic mass is 9.99. The molecule has 4 rings (SSSR count). The Bertz CT molecular complexity index is 1420. The summed E-state index contributed by atoms with van der Waals surface area (Å²) in [7, 11) is 0. The van der Waals surface area contributed by atoms with Crippen molar-refractivity contribution in [3.8, 4) is 12.8 Å². The van der Waals surface area contributed by atoms with Gasteiger partial charge in [-0.1, -0.05) is 54.6 Å². The third kappa shape index (κ3) is 7.08. The number of fused-ring (bicyclic) bond motifs is 1. The molecule has 1 amide bonds. The molecular formula is C33H35FN2O3. The van der Waals surface area contributed by atoms with Gasteiger partial charge in [-0.25, -0.2) is 4.39 Å². The first-order chi connectivity index (χ1) is 18.8. The lowest BCUT2D eigenvalue weighted by Gasteiger charge is -2.42. The minimum absolute atomic E-state index is 0.0103. The lowest BCUT2D eigenvalue weighted by molar-refractivity contribution is -0.140. The van der Waals surface area contributed by atoms with Crippen LogP contribution in [-0.4, -0.2) is 45.1 Å². The van der Waals surface area contributed by atoms with E-state index in [9.17, 15) is 19.4 Å². The molecule has 0 aromatic heterocycles. The lowest BCUT2D eigenvalue weighted by Crippen LogP contribution is -2.55. The molecule has 1 aliphatic heterocycles. The van der Waals surface area contributed by atoms with Crippen LogP contribution in [0.4, 0.5) is 4.39 Å². The number of amides is 1. The first kappa shape index (κ1) is 29.1. The molecule has 0 aliphatic carbocycles. The highest BCUT2D eigenvalue weighted by Crippen LogP contribution is 2.27. The number of hydrogen-bond acceptors (Lipinski definition) is 4. The number of aliphatic hydroxyl groups excluding tert-OH is 2. The third-order valence-electron chi connectivity index (χ3n) is 6.91. The van der Waals surface area contributed by atoms with Gasteiger partial charge in [-0.15, -0.1) is 12.8 Å². The molecule has 5 nitrogen and oxygen atoms in total. The molecule has 0 radical (unpaired) electrons. The van der Waals surface area contributed by atoms with Gasteiger partial charge in [-0.2, -0.15) is 0 Å². The average Bonchev–Trinajstić information content (AvgIpc) is 2.96. The van der Waals surface area contributed by atoms with Crippen LogP contribution in [0.15, 0.2) is 102 Å². The van der Waals surface area contributed by atoms with Gasteiger partial charge in [0.05, 0.1) is 0 Å². The Balaban J connectivity index is 0.00000205. The summed E-state index contributed by atoms with van der Waals surface area (Å²) in [6, 6.07) is 20.3. The van der Waals surface area contributed by atoms with Crippen LogP contribution in [0.5, 0.6) is 0 Å². The van der Waals surface area contributed by atoms with Crippen molar-refractivity contribution >= 4 is 16.7 Å². The number of rotatable bonds is 7. The summed E-state index contributed by atoms with van der Waals surface area (Å²) in [4.78, 5) is 17.3. The number of terminal acetylenes is 1. The third-order valence-corrected chi connectivity index (χ3v) is 6.91. The Kier molecular flexibility index (Phi) is 9.94. The quantitative estimate of drug-likeness (QED) is 0.205. The highest BCUT2D eigenvalue weighted by atomic mass is 19.1. The Morgan fingerprint density at radius 1 is 0.974 bits per heavy atom.